The fraction of sp³-hybridized carbons (Fsp3) is 0. The van der Waals surface area contributed by atoms with Crippen molar-refractivity contribution in [2.24, 2.45) is 0 Å². The molecular formula is H4KN2O4P. The number of hydrogen-bond donors (Lipinski definition) is 3. The maximum atomic E-state index is 8.88. The topological polar surface area (TPSA) is 125 Å². The zero-order chi connectivity index (χ0) is 6.50. The van der Waals surface area contributed by atoms with Crippen LogP contribution in [0.1, 0.15) is 0 Å². The van der Waals surface area contributed by atoms with Crippen LogP contribution in [-0.2, 0) is 4.57 Å². The molecule has 0 aromatic heterocycles. The van der Waals surface area contributed by atoms with Gasteiger partial charge >= 0.3 is 59.2 Å². The summed E-state index contributed by atoms with van der Waals surface area (Å²) in [5, 5.41) is 12.0. The second-order valence-corrected chi connectivity index (χ2v) is 1.54. The molecule has 0 amide bonds. The minimum atomic E-state index is -4.64. The zero-order valence-corrected chi connectivity index (χ0v) is 3.99. The molecule has 0 heterocycles. The van der Waals surface area contributed by atoms with Crippen LogP contribution in [0, 0.1) is 10.8 Å². The fourth-order valence-electron chi connectivity index (χ4n) is 0. The van der Waals surface area contributed by atoms with Crippen molar-refractivity contribution in [1.82, 2.24) is 0 Å². The summed E-state index contributed by atoms with van der Waals surface area (Å²) >= 11 is 0. The molecule has 0 unspecified atom stereocenters. The van der Waals surface area contributed by atoms with Gasteiger partial charge in [-0.2, -0.15) is 0 Å². The third-order valence-electron chi connectivity index (χ3n) is 0. The van der Waals surface area contributed by atoms with Crippen molar-refractivity contribution in [1.29, 1.82) is 10.8 Å². The maximum absolute atomic E-state index is 8.88. The Morgan fingerprint density at radius 3 is 1.12 bits per heavy atom. The van der Waals surface area contributed by atoms with E-state index < -0.39 is 7.82 Å². The molecule has 0 fully saturated rings. The van der Waals surface area contributed by atoms with E-state index in [0.717, 1.165) is 0 Å². The molecule has 0 aliphatic carbocycles. The van der Waals surface area contributed by atoms with E-state index >= 15 is 0 Å². The van der Waals surface area contributed by atoms with E-state index in [1.165, 1.54) is 0 Å². The van der Waals surface area contributed by atoms with Crippen LogP contribution in [0.2, 0.25) is 0 Å². The molecule has 0 aliphatic rings. The SMILES string of the molecule is N#N.O=P(O)(O)O.[KH]. The number of hydrogen-bond acceptors (Lipinski definition) is 3. The van der Waals surface area contributed by atoms with E-state index in [1.807, 2.05) is 0 Å². The first kappa shape index (κ1) is 16.1. The van der Waals surface area contributed by atoms with Gasteiger partial charge in [-0.15, -0.1) is 0 Å². The predicted molar refractivity (Wildman–Crippen MR) is 24.9 cm³/mol. The van der Waals surface area contributed by atoms with Crippen LogP contribution in [0.25, 0.3) is 0 Å². The zero-order valence-electron chi connectivity index (χ0n) is 3.09. The summed E-state index contributed by atoms with van der Waals surface area (Å²) in [5.41, 5.74) is 0. The number of phosphoric acid groups is 1. The first-order chi connectivity index (χ1) is 3.00. The molecule has 0 spiro atoms. The number of nitrogens with zero attached hydrogens (tertiary/aromatic N) is 2. The van der Waals surface area contributed by atoms with Gasteiger partial charge in [0, 0.05) is 10.8 Å². The normalized spacial score (nSPS) is 7.62. The Kier molecular flexibility index (Phi) is 16.4. The summed E-state index contributed by atoms with van der Waals surface area (Å²) in [5.74, 6) is 0. The molecule has 0 atom stereocenters. The van der Waals surface area contributed by atoms with E-state index in [-0.39, 0.29) is 51.4 Å². The van der Waals surface area contributed by atoms with Crippen LogP contribution < -0.4 is 0 Å². The fourth-order valence-corrected chi connectivity index (χ4v) is 0. The Balaban J connectivity index is -0.0000000750. The van der Waals surface area contributed by atoms with E-state index in [0.29, 0.717) is 0 Å². The van der Waals surface area contributed by atoms with E-state index in [9.17, 15) is 0 Å². The van der Waals surface area contributed by atoms with E-state index in [4.69, 9.17) is 30.0 Å². The standard InChI is InChI=1S/K.N2.H3O4P.H/c;1-2;1-5(2,3)4;/h;;(H3,1,2,3,4);. The molecule has 0 aromatic carbocycles. The third kappa shape index (κ3) is 200. The van der Waals surface area contributed by atoms with Crippen molar-refractivity contribution < 1.29 is 19.2 Å². The molecule has 0 saturated carbocycles. The molecule has 8 heteroatoms. The Bertz CT molecular complexity index is 85.2. The van der Waals surface area contributed by atoms with E-state index in [2.05, 4.69) is 0 Å². The summed E-state index contributed by atoms with van der Waals surface area (Å²) in [6.07, 6.45) is 0. The average molecular weight is 166 g/mol. The van der Waals surface area contributed by atoms with Gasteiger partial charge in [0.05, 0.1) is 0 Å². The van der Waals surface area contributed by atoms with Gasteiger partial charge in [0.1, 0.15) is 0 Å². The summed E-state index contributed by atoms with van der Waals surface area (Å²) < 4.78 is 8.88. The van der Waals surface area contributed by atoms with Crippen molar-refractivity contribution in [3.05, 3.63) is 0 Å². The quantitative estimate of drug-likeness (QED) is 0.227. The van der Waals surface area contributed by atoms with Crippen LogP contribution in [0.15, 0.2) is 0 Å². The molecule has 8 heavy (non-hydrogen) atoms. The molecule has 0 bridgehead atoms. The second-order valence-electron chi connectivity index (χ2n) is 0.513. The molecule has 0 aromatic rings. The van der Waals surface area contributed by atoms with Crippen LogP contribution >= 0.6 is 7.82 Å². The van der Waals surface area contributed by atoms with Crippen molar-refractivity contribution in [3.8, 4) is 0 Å². The number of rotatable bonds is 0. The average Bonchev–Trinajstić information content (AvgIpc) is 1.36. The molecule has 0 saturated heterocycles. The van der Waals surface area contributed by atoms with Crippen molar-refractivity contribution >= 4 is 59.2 Å². The van der Waals surface area contributed by atoms with Crippen LogP contribution in [0.4, 0.5) is 0 Å². The van der Waals surface area contributed by atoms with Gasteiger partial charge in [0.15, 0.2) is 0 Å². The van der Waals surface area contributed by atoms with Crippen LogP contribution in [0.5, 0.6) is 0 Å². The van der Waals surface area contributed by atoms with E-state index in [1.54, 1.807) is 0 Å². The first-order valence-electron chi connectivity index (χ1n) is 0.983. The summed E-state index contributed by atoms with van der Waals surface area (Å²) in [6.45, 7) is 0. The molecular weight excluding hydrogens is 162 g/mol. The van der Waals surface area contributed by atoms with Gasteiger partial charge < -0.3 is 14.7 Å². The summed E-state index contributed by atoms with van der Waals surface area (Å²) in [4.78, 5) is 21.6. The third-order valence-corrected chi connectivity index (χ3v) is 0. The second kappa shape index (κ2) is 8.17. The van der Waals surface area contributed by atoms with Crippen molar-refractivity contribution in [2.75, 3.05) is 0 Å². The molecule has 44 valence electrons. The molecule has 0 rings (SSSR count). The Morgan fingerprint density at radius 1 is 1.12 bits per heavy atom. The van der Waals surface area contributed by atoms with Gasteiger partial charge in [-0.1, -0.05) is 0 Å². The summed E-state index contributed by atoms with van der Waals surface area (Å²) in [6, 6.07) is 0. The minimum absolute atomic E-state index is 0. The van der Waals surface area contributed by atoms with Crippen LogP contribution in [0.3, 0.4) is 0 Å². The first-order valence-corrected chi connectivity index (χ1v) is 2.55. The van der Waals surface area contributed by atoms with Crippen molar-refractivity contribution in [3.63, 3.8) is 0 Å². The van der Waals surface area contributed by atoms with Gasteiger partial charge in [-0.25, -0.2) is 4.57 Å². The predicted octanol–water partition coefficient (Wildman–Crippen LogP) is -1.55. The van der Waals surface area contributed by atoms with Gasteiger partial charge in [0.25, 0.3) is 0 Å². The Hall–Kier alpha value is 1.17. The van der Waals surface area contributed by atoms with Crippen molar-refractivity contribution in [2.45, 2.75) is 0 Å². The Labute approximate surface area is 88.0 Å². The van der Waals surface area contributed by atoms with Gasteiger partial charge in [-0.05, 0) is 0 Å². The van der Waals surface area contributed by atoms with Gasteiger partial charge in [-0.3, -0.25) is 0 Å². The molecule has 3 N–H and O–H groups in total. The molecule has 0 radical (unpaired) electrons. The molecule has 0 aliphatic heterocycles. The summed E-state index contributed by atoms with van der Waals surface area (Å²) in [7, 11) is -4.64. The van der Waals surface area contributed by atoms with Crippen LogP contribution in [-0.4, -0.2) is 66.1 Å². The Morgan fingerprint density at radius 2 is 1.12 bits per heavy atom. The monoisotopic (exact) mass is 166 g/mol. The molecule has 6 nitrogen and oxygen atoms in total. The van der Waals surface area contributed by atoms with Gasteiger partial charge in [0.2, 0.25) is 0 Å².